The van der Waals surface area contributed by atoms with Gasteiger partial charge in [-0.05, 0) is 24.1 Å². The van der Waals surface area contributed by atoms with Gasteiger partial charge in [0.1, 0.15) is 13.2 Å². The van der Waals surface area contributed by atoms with Crippen molar-refractivity contribution in [1.82, 2.24) is 10.2 Å². The number of aromatic nitrogens is 2. The average molecular weight is 292 g/mol. The summed E-state index contributed by atoms with van der Waals surface area (Å²) in [4.78, 5) is 0. The Morgan fingerprint density at radius 2 is 2.00 bits per heavy atom. The lowest BCUT2D eigenvalue weighted by molar-refractivity contribution is 0.171. The first-order valence-corrected chi connectivity index (χ1v) is 6.80. The van der Waals surface area contributed by atoms with Crippen LogP contribution in [-0.4, -0.2) is 30.0 Å². The van der Waals surface area contributed by atoms with E-state index >= 15 is 0 Å². The summed E-state index contributed by atoms with van der Waals surface area (Å²) in [5.74, 6) is 1.64. The van der Waals surface area contributed by atoms with E-state index in [9.17, 15) is 0 Å². The SMILES string of the molecule is Clc1cc(NCCc2ccc3c(c2)OCCO3)cnn1. The third-order valence-electron chi connectivity index (χ3n) is 2.97. The van der Waals surface area contributed by atoms with Gasteiger partial charge in [0.2, 0.25) is 0 Å². The molecule has 1 N–H and O–H groups in total. The van der Waals surface area contributed by atoms with E-state index in [-0.39, 0.29) is 0 Å². The summed E-state index contributed by atoms with van der Waals surface area (Å²) in [6, 6.07) is 7.77. The molecular weight excluding hydrogens is 278 g/mol. The molecule has 2 aromatic rings. The van der Waals surface area contributed by atoms with Crippen LogP contribution in [0.4, 0.5) is 5.69 Å². The van der Waals surface area contributed by atoms with E-state index in [1.54, 1.807) is 12.3 Å². The average Bonchev–Trinajstić information content (AvgIpc) is 2.47. The number of hydrogen-bond acceptors (Lipinski definition) is 5. The summed E-state index contributed by atoms with van der Waals surface area (Å²) in [5.41, 5.74) is 2.05. The number of halogens is 1. The van der Waals surface area contributed by atoms with Gasteiger partial charge in [-0.3, -0.25) is 0 Å². The van der Waals surface area contributed by atoms with Crippen molar-refractivity contribution < 1.29 is 9.47 Å². The number of anilines is 1. The van der Waals surface area contributed by atoms with E-state index in [4.69, 9.17) is 21.1 Å². The Morgan fingerprint density at radius 3 is 2.85 bits per heavy atom. The number of rotatable bonds is 4. The molecule has 0 bridgehead atoms. The summed E-state index contributed by atoms with van der Waals surface area (Å²) in [6.07, 6.45) is 2.52. The van der Waals surface area contributed by atoms with Crippen LogP contribution in [0.15, 0.2) is 30.5 Å². The maximum Gasteiger partial charge on any atom is 0.161 e. The molecule has 0 saturated heterocycles. The predicted octanol–water partition coefficient (Wildman–Crippen LogP) is 2.56. The van der Waals surface area contributed by atoms with Crippen molar-refractivity contribution in [3.05, 3.63) is 41.2 Å². The van der Waals surface area contributed by atoms with E-state index in [1.165, 1.54) is 5.56 Å². The highest BCUT2D eigenvalue weighted by atomic mass is 35.5. The molecule has 0 unspecified atom stereocenters. The number of benzene rings is 1. The van der Waals surface area contributed by atoms with E-state index in [2.05, 4.69) is 15.5 Å². The van der Waals surface area contributed by atoms with Crippen LogP contribution in [0.2, 0.25) is 5.15 Å². The quantitative estimate of drug-likeness (QED) is 0.938. The van der Waals surface area contributed by atoms with Crippen LogP contribution in [0.3, 0.4) is 0 Å². The fraction of sp³-hybridized carbons (Fsp3) is 0.286. The van der Waals surface area contributed by atoms with Crippen molar-refractivity contribution in [3.8, 4) is 11.5 Å². The Balaban J connectivity index is 1.58. The molecule has 1 aliphatic heterocycles. The fourth-order valence-electron chi connectivity index (χ4n) is 2.03. The smallest absolute Gasteiger partial charge is 0.161 e. The largest absolute Gasteiger partial charge is 0.486 e. The predicted molar refractivity (Wildman–Crippen MR) is 76.7 cm³/mol. The molecule has 5 nitrogen and oxygen atoms in total. The highest BCUT2D eigenvalue weighted by Crippen LogP contribution is 2.30. The molecule has 0 saturated carbocycles. The zero-order valence-electron chi connectivity index (χ0n) is 10.8. The Bertz CT molecular complexity index is 607. The molecule has 3 rings (SSSR count). The molecule has 0 aliphatic carbocycles. The van der Waals surface area contributed by atoms with E-state index in [0.29, 0.717) is 18.4 Å². The van der Waals surface area contributed by atoms with Crippen LogP contribution < -0.4 is 14.8 Å². The van der Waals surface area contributed by atoms with E-state index < -0.39 is 0 Å². The molecule has 2 heterocycles. The summed E-state index contributed by atoms with van der Waals surface area (Å²) in [7, 11) is 0. The van der Waals surface area contributed by atoms with Gasteiger partial charge in [0.05, 0.1) is 11.9 Å². The van der Waals surface area contributed by atoms with Gasteiger partial charge in [0, 0.05) is 12.6 Å². The lowest BCUT2D eigenvalue weighted by Crippen LogP contribution is -2.15. The summed E-state index contributed by atoms with van der Waals surface area (Å²) in [6.45, 7) is 2.00. The van der Waals surface area contributed by atoms with Crippen molar-refractivity contribution in [3.63, 3.8) is 0 Å². The maximum atomic E-state index is 5.78. The van der Waals surface area contributed by atoms with E-state index in [0.717, 1.165) is 30.2 Å². The third kappa shape index (κ3) is 3.11. The Morgan fingerprint density at radius 1 is 1.15 bits per heavy atom. The van der Waals surface area contributed by atoms with Crippen LogP contribution in [-0.2, 0) is 6.42 Å². The zero-order valence-corrected chi connectivity index (χ0v) is 11.6. The number of nitrogens with one attached hydrogen (secondary N) is 1. The van der Waals surface area contributed by atoms with Crippen molar-refractivity contribution in [2.24, 2.45) is 0 Å². The van der Waals surface area contributed by atoms with Gasteiger partial charge in [-0.1, -0.05) is 17.7 Å². The molecule has 6 heteroatoms. The van der Waals surface area contributed by atoms with E-state index in [1.807, 2.05) is 18.2 Å². The number of ether oxygens (including phenoxy) is 2. The van der Waals surface area contributed by atoms with Gasteiger partial charge in [0.25, 0.3) is 0 Å². The van der Waals surface area contributed by atoms with Crippen LogP contribution in [0.1, 0.15) is 5.56 Å². The summed E-state index contributed by atoms with van der Waals surface area (Å²) >= 11 is 5.78. The first kappa shape index (κ1) is 13.0. The molecule has 1 aromatic carbocycles. The minimum atomic E-state index is 0.384. The molecular formula is C14H14ClN3O2. The molecule has 0 fully saturated rings. The topological polar surface area (TPSA) is 56.3 Å². The summed E-state index contributed by atoms with van der Waals surface area (Å²) in [5, 5.41) is 11.1. The monoisotopic (exact) mass is 291 g/mol. The second kappa shape index (κ2) is 5.96. The molecule has 0 amide bonds. The molecule has 0 spiro atoms. The highest BCUT2D eigenvalue weighted by Gasteiger charge is 2.11. The maximum absolute atomic E-state index is 5.78. The lowest BCUT2D eigenvalue weighted by Gasteiger charge is -2.18. The number of nitrogens with zero attached hydrogens (tertiary/aromatic N) is 2. The first-order chi connectivity index (χ1) is 9.81. The normalized spacial score (nSPS) is 13.1. The van der Waals surface area contributed by atoms with Crippen LogP contribution >= 0.6 is 11.6 Å². The zero-order chi connectivity index (χ0) is 13.8. The Kier molecular flexibility index (Phi) is 3.87. The summed E-state index contributed by atoms with van der Waals surface area (Å²) < 4.78 is 11.1. The number of hydrogen-bond donors (Lipinski definition) is 1. The molecule has 0 radical (unpaired) electrons. The van der Waals surface area contributed by atoms with Crippen LogP contribution in [0.5, 0.6) is 11.5 Å². The Labute approximate surface area is 121 Å². The minimum Gasteiger partial charge on any atom is -0.486 e. The molecule has 104 valence electrons. The third-order valence-corrected chi connectivity index (χ3v) is 3.16. The highest BCUT2D eigenvalue weighted by molar-refractivity contribution is 6.29. The van der Waals surface area contributed by atoms with Crippen molar-refractivity contribution >= 4 is 17.3 Å². The Hall–Kier alpha value is -2.01. The molecule has 1 aromatic heterocycles. The van der Waals surface area contributed by atoms with Crippen molar-refractivity contribution in [2.45, 2.75) is 6.42 Å². The van der Waals surface area contributed by atoms with Gasteiger partial charge >= 0.3 is 0 Å². The fourth-order valence-corrected chi connectivity index (χ4v) is 2.19. The molecule has 0 atom stereocenters. The van der Waals surface area contributed by atoms with Crippen molar-refractivity contribution in [1.29, 1.82) is 0 Å². The first-order valence-electron chi connectivity index (χ1n) is 6.42. The minimum absolute atomic E-state index is 0.384. The van der Waals surface area contributed by atoms with Gasteiger partial charge < -0.3 is 14.8 Å². The van der Waals surface area contributed by atoms with Crippen molar-refractivity contribution in [2.75, 3.05) is 25.1 Å². The molecule has 20 heavy (non-hydrogen) atoms. The lowest BCUT2D eigenvalue weighted by atomic mass is 10.1. The van der Waals surface area contributed by atoms with Gasteiger partial charge in [-0.2, -0.15) is 5.10 Å². The molecule has 1 aliphatic rings. The van der Waals surface area contributed by atoms with Gasteiger partial charge in [-0.25, -0.2) is 0 Å². The van der Waals surface area contributed by atoms with Gasteiger partial charge in [0.15, 0.2) is 16.7 Å². The van der Waals surface area contributed by atoms with Gasteiger partial charge in [-0.15, -0.1) is 5.10 Å². The second-order valence-electron chi connectivity index (χ2n) is 4.42. The van der Waals surface area contributed by atoms with Crippen LogP contribution in [0.25, 0.3) is 0 Å². The van der Waals surface area contributed by atoms with Crippen LogP contribution in [0, 0.1) is 0 Å². The number of fused-ring (bicyclic) bond motifs is 1. The second-order valence-corrected chi connectivity index (χ2v) is 4.81. The standard InChI is InChI=1S/C14H14ClN3O2/c15-14-8-11(9-17-18-14)16-4-3-10-1-2-12-13(7-10)20-6-5-19-12/h1-2,7-9H,3-6H2,(H,16,18).